The molecule has 0 radical (unpaired) electrons. The molecular weight excluding hydrogens is 603 g/mol. The molecule has 5 nitrogen and oxygen atoms in total. The van der Waals surface area contributed by atoms with Crippen LogP contribution in [0.15, 0.2) is 160 Å². The molecule has 7 aromatic carbocycles. The maximum Gasteiger partial charge on any atom is 0.180 e. The van der Waals surface area contributed by atoms with Gasteiger partial charge in [0.15, 0.2) is 11.4 Å². The molecule has 0 saturated heterocycles. The van der Waals surface area contributed by atoms with Gasteiger partial charge in [0.1, 0.15) is 28.0 Å². The molecule has 4 heterocycles. The van der Waals surface area contributed by atoms with Crippen molar-refractivity contribution in [2.24, 2.45) is 0 Å². The predicted molar refractivity (Wildman–Crippen MR) is 199 cm³/mol. The lowest BCUT2D eigenvalue weighted by Crippen LogP contribution is -1.93. The summed E-state index contributed by atoms with van der Waals surface area (Å²) >= 11 is 0. The highest BCUT2D eigenvalue weighted by molar-refractivity contribution is 6.21. The van der Waals surface area contributed by atoms with Gasteiger partial charge in [-0.3, -0.25) is 0 Å². The fourth-order valence-corrected chi connectivity index (χ4v) is 6.89. The Kier molecular flexibility index (Phi) is 3.75. The topological polar surface area (TPSA) is 57.0 Å². The number of furan rings is 2. The molecule has 4 aromatic heterocycles. The van der Waals surface area contributed by atoms with Crippen molar-refractivity contribution >= 4 is 76.6 Å². The van der Waals surface area contributed by atoms with E-state index in [9.17, 15) is 1.37 Å². The summed E-state index contributed by atoms with van der Waals surface area (Å²) in [7, 11) is 0. The SMILES string of the molecule is [2H]c1c([2H])c([2H])c2c(c1[2H])c([2H])c([2H])c1c2c2c([2H])c([2H])c([2H])c([2H])c2n1-c1ccc2c(c1)oc1cc(-c3nc(-c4ccccc4)c4oc5ccccc5c4n3)ccc12. The molecule has 11 rings (SSSR count). The molecule has 0 bridgehead atoms. The van der Waals surface area contributed by atoms with E-state index >= 15 is 0 Å². The minimum absolute atomic E-state index is 0.000750. The minimum atomic E-state index is -0.572. The van der Waals surface area contributed by atoms with Gasteiger partial charge in [-0.05, 0) is 59.3 Å². The van der Waals surface area contributed by atoms with Crippen molar-refractivity contribution in [2.75, 3.05) is 0 Å². The molecule has 0 amide bonds. The molecule has 0 aliphatic carbocycles. The van der Waals surface area contributed by atoms with E-state index in [4.69, 9.17) is 31.1 Å². The Bertz CT molecular complexity index is 3690. The Morgan fingerprint density at radius 1 is 0.531 bits per heavy atom. The lowest BCUT2D eigenvalue weighted by molar-refractivity contribution is 0.667. The largest absolute Gasteiger partial charge is 0.456 e. The van der Waals surface area contributed by atoms with Gasteiger partial charge >= 0.3 is 0 Å². The first-order chi connectivity index (χ1) is 28.4. The first kappa shape index (κ1) is 18.6. The van der Waals surface area contributed by atoms with Crippen LogP contribution >= 0.6 is 0 Å². The fourth-order valence-electron chi connectivity index (χ4n) is 6.89. The van der Waals surface area contributed by atoms with E-state index in [1.807, 2.05) is 78.9 Å². The third-order valence-electron chi connectivity index (χ3n) is 9.09. The summed E-state index contributed by atoms with van der Waals surface area (Å²) in [5, 5.41) is 2.09. The van der Waals surface area contributed by atoms with E-state index in [1.165, 1.54) is 4.57 Å². The number of aromatic nitrogens is 3. The van der Waals surface area contributed by atoms with Crippen LogP contribution in [-0.2, 0) is 0 Å². The average molecular weight is 638 g/mol. The Balaban J connectivity index is 1.16. The van der Waals surface area contributed by atoms with Crippen molar-refractivity contribution < 1.29 is 22.5 Å². The van der Waals surface area contributed by atoms with E-state index in [1.54, 1.807) is 12.1 Å². The van der Waals surface area contributed by atoms with Crippen molar-refractivity contribution in [3.63, 3.8) is 0 Å². The number of hydrogen-bond acceptors (Lipinski definition) is 4. The number of hydrogen-bond donors (Lipinski definition) is 0. The molecule has 0 spiro atoms. The molecule has 0 aliphatic heterocycles. The van der Waals surface area contributed by atoms with Crippen molar-refractivity contribution in [3.05, 3.63) is 151 Å². The van der Waals surface area contributed by atoms with Gasteiger partial charge in [-0.1, -0.05) is 96.9 Å². The highest BCUT2D eigenvalue weighted by Crippen LogP contribution is 2.40. The number of rotatable bonds is 3. The first-order valence-corrected chi connectivity index (χ1v) is 15.6. The van der Waals surface area contributed by atoms with Crippen LogP contribution in [0.3, 0.4) is 0 Å². The van der Waals surface area contributed by atoms with Crippen LogP contribution in [0.25, 0.3) is 105 Å². The summed E-state index contributed by atoms with van der Waals surface area (Å²) in [6.45, 7) is 0. The van der Waals surface area contributed by atoms with E-state index in [-0.39, 0.29) is 32.6 Å². The van der Waals surface area contributed by atoms with E-state index in [0.717, 1.165) is 21.7 Å². The van der Waals surface area contributed by atoms with Crippen molar-refractivity contribution in [1.29, 1.82) is 0 Å². The zero-order valence-corrected chi connectivity index (χ0v) is 25.3. The molecule has 0 N–H and O–H groups in total. The summed E-state index contributed by atoms with van der Waals surface area (Å²) in [6.07, 6.45) is 0. The number of fused-ring (bicyclic) bond motifs is 11. The van der Waals surface area contributed by atoms with Crippen LogP contribution in [0.2, 0.25) is 0 Å². The molecule has 0 aliphatic rings. The molecule has 0 atom stereocenters. The maximum absolute atomic E-state index is 9.22. The monoisotopic (exact) mass is 637 g/mol. The quantitative estimate of drug-likeness (QED) is 0.193. The molecule has 228 valence electrons. The normalized spacial score (nSPS) is 14.9. The molecule has 11 aromatic rings. The lowest BCUT2D eigenvalue weighted by Gasteiger charge is -2.08. The average Bonchev–Trinajstić information content (AvgIpc) is 3.94. The van der Waals surface area contributed by atoms with Gasteiger partial charge in [-0.25, -0.2) is 9.97 Å². The van der Waals surface area contributed by atoms with Crippen molar-refractivity contribution in [3.8, 4) is 28.3 Å². The van der Waals surface area contributed by atoms with Gasteiger partial charge in [0, 0.05) is 49.8 Å². The Hall–Kier alpha value is -6.72. The van der Waals surface area contributed by atoms with Crippen molar-refractivity contribution in [1.82, 2.24) is 14.5 Å². The summed E-state index contributed by atoms with van der Waals surface area (Å²) in [4.78, 5) is 9.98. The molecule has 0 fully saturated rings. The first-order valence-electron chi connectivity index (χ1n) is 20.6. The third-order valence-corrected chi connectivity index (χ3v) is 9.09. The highest BCUT2D eigenvalue weighted by atomic mass is 16.3. The van der Waals surface area contributed by atoms with Crippen molar-refractivity contribution in [2.45, 2.75) is 0 Å². The number of nitrogens with zero attached hydrogens (tertiary/aromatic N) is 3. The summed E-state index contributed by atoms with van der Waals surface area (Å²) < 4.78 is 102. The Morgan fingerprint density at radius 2 is 1.31 bits per heavy atom. The summed E-state index contributed by atoms with van der Waals surface area (Å²) in [6, 6.07) is 23.5. The van der Waals surface area contributed by atoms with Gasteiger partial charge in [0.05, 0.1) is 24.7 Å². The third kappa shape index (κ3) is 3.81. The smallest absolute Gasteiger partial charge is 0.180 e. The second-order valence-corrected chi connectivity index (χ2v) is 11.8. The van der Waals surface area contributed by atoms with Crippen LogP contribution < -0.4 is 0 Å². The molecule has 0 saturated carbocycles. The summed E-state index contributed by atoms with van der Waals surface area (Å²) in [5.41, 5.74) is 5.45. The van der Waals surface area contributed by atoms with Crippen LogP contribution in [0.1, 0.15) is 13.7 Å². The van der Waals surface area contributed by atoms with Gasteiger partial charge in [-0.15, -0.1) is 0 Å². The minimum Gasteiger partial charge on any atom is -0.456 e. The van der Waals surface area contributed by atoms with Gasteiger partial charge in [0.25, 0.3) is 0 Å². The Labute approximate surface area is 293 Å². The molecule has 5 heteroatoms. The zero-order chi connectivity index (χ0) is 40.8. The predicted octanol–water partition coefficient (Wildman–Crippen LogP) is 11.9. The lowest BCUT2D eigenvalue weighted by atomic mass is 10.0. The molecule has 49 heavy (non-hydrogen) atoms. The van der Waals surface area contributed by atoms with E-state index < -0.39 is 60.4 Å². The number of para-hydroxylation sites is 2. The maximum atomic E-state index is 9.22. The zero-order valence-electron chi connectivity index (χ0n) is 35.3. The van der Waals surface area contributed by atoms with Gasteiger partial charge < -0.3 is 13.4 Å². The summed E-state index contributed by atoms with van der Waals surface area (Å²) in [5.74, 6) is 0.463. The standard InChI is InChI=1S/C44H25N3O2/c1-2-11-27(12-3-1)41-43-42(34-15-7-9-17-37(34)49-43)46-44(45-41)28-18-21-31-32-22-20-29(25-39(32)48-38(31)24-28)47-35-16-8-6-14-33(35)40-30-13-5-4-10-26(30)19-23-36(40)47/h1-25H/i4D,5D,6D,8D,10D,13D,14D,16D,19D,23D. The Morgan fingerprint density at radius 3 is 2.22 bits per heavy atom. The van der Waals surface area contributed by atoms with Gasteiger partial charge in [-0.2, -0.15) is 0 Å². The van der Waals surface area contributed by atoms with Crippen LogP contribution in [0.5, 0.6) is 0 Å². The van der Waals surface area contributed by atoms with E-state index in [0.29, 0.717) is 50.6 Å². The second kappa shape index (κ2) is 9.89. The molecular formula is C44H25N3O2. The van der Waals surface area contributed by atoms with Gasteiger partial charge in [0.2, 0.25) is 0 Å². The number of benzene rings is 7. The highest BCUT2D eigenvalue weighted by Gasteiger charge is 2.20. The second-order valence-electron chi connectivity index (χ2n) is 11.8. The van der Waals surface area contributed by atoms with E-state index in [2.05, 4.69) is 0 Å². The fraction of sp³-hybridized carbons (Fsp3) is 0. The van der Waals surface area contributed by atoms with Crippen LogP contribution in [0, 0.1) is 0 Å². The van der Waals surface area contributed by atoms with Crippen LogP contribution in [0.4, 0.5) is 0 Å². The molecule has 0 unspecified atom stereocenters. The van der Waals surface area contributed by atoms with Crippen LogP contribution in [-0.4, -0.2) is 14.5 Å².